The zero-order valence-electron chi connectivity index (χ0n) is 17.3. The molecule has 0 fully saturated rings. The molecule has 0 saturated heterocycles. The number of hydrogen-bond donors (Lipinski definition) is 1. The molecule has 0 radical (unpaired) electrons. The number of carbonyl (C=O) groups excluding carboxylic acids is 1. The zero-order valence-corrected chi connectivity index (χ0v) is 19.5. The number of rotatable bonds is 7. The minimum atomic E-state index is -5.29. The number of nitrogens with one attached hydrogen (secondary N) is 1. The van der Waals surface area contributed by atoms with Gasteiger partial charge in [-0.2, -0.15) is 39.5 Å². The lowest BCUT2D eigenvalue weighted by Crippen LogP contribution is -2.33. The Bertz CT molecular complexity index is 1130. The van der Waals surface area contributed by atoms with Gasteiger partial charge in [-0.05, 0) is 29.8 Å². The average Bonchev–Trinajstić information content (AvgIpc) is 2.72. The molecule has 198 valence electrons. The maximum atomic E-state index is 14.8. The second kappa shape index (κ2) is 11.2. The molecule has 0 aliphatic rings. The van der Waals surface area contributed by atoms with Gasteiger partial charge in [0.25, 0.3) is 0 Å². The van der Waals surface area contributed by atoms with Crippen LogP contribution in [0, 0.1) is 0 Å². The summed E-state index contributed by atoms with van der Waals surface area (Å²) in [7, 11) is 0. The summed E-state index contributed by atoms with van der Waals surface area (Å²) < 4.78 is 133. The Morgan fingerprint density at radius 3 is 1.94 bits per heavy atom. The quantitative estimate of drug-likeness (QED) is 0.199. The van der Waals surface area contributed by atoms with E-state index >= 15 is 0 Å². The number of alkyl halides is 9. The van der Waals surface area contributed by atoms with E-state index in [0.29, 0.717) is 12.1 Å². The first-order chi connectivity index (χ1) is 16.3. The van der Waals surface area contributed by atoms with Crippen LogP contribution < -0.4 is 5.32 Å². The van der Waals surface area contributed by atoms with E-state index < -0.39 is 71.4 Å². The zero-order chi connectivity index (χ0) is 27.6. The largest absolute Gasteiger partial charge is 0.417 e. The normalized spacial score (nSPS) is 14.2. The van der Waals surface area contributed by atoms with E-state index in [4.69, 9.17) is 34.8 Å². The second-order valence-corrected chi connectivity index (χ2v) is 8.42. The van der Waals surface area contributed by atoms with Gasteiger partial charge in [0.2, 0.25) is 0 Å². The van der Waals surface area contributed by atoms with Gasteiger partial charge in [0.05, 0.1) is 33.7 Å². The number of hydrogen-bond acceptors (Lipinski definition) is 2. The third kappa shape index (κ3) is 7.99. The van der Waals surface area contributed by atoms with E-state index in [9.17, 15) is 48.7 Å². The number of Topliss-reactive ketones (excluding diaryl/α,β-unsaturated/α-hetero) is 1. The summed E-state index contributed by atoms with van der Waals surface area (Å²) >= 11 is 17.1. The Labute approximate surface area is 211 Å². The fourth-order valence-electron chi connectivity index (χ4n) is 2.96. The third-order valence-corrected chi connectivity index (χ3v) is 5.74. The summed E-state index contributed by atoms with van der Waals surface area (Å²) in [6, 6.07) is 2.65. The van der Waals surface area contributed by atoms with Gasteiger partial charge >= 0.3 is 18.5 Å². The van der Waals surface area contributed by atoms with Crippen LogP contribution in [-0.4, -0.2) is 31.2 Å². The monoisotopic (exact) mass is 589 g/mol. The molecule has 1 atom stereocenters. The SMILES string of the molecule is O=C(CNCC(F)(F)F)c1ccc(/C(F)=C/C(c2cc(Cl)c(Cl)c(Cl)c2)C(F)(F)F)cc1C(F)(F)F. The van der Waals surface area contributed by atoms with E-state index in [-0.39, 0.29) is 27.2 Å². The summed E-state index contributed by atoms with van der Waals surface area (Å²) in [4.78, 5) is 12.0. The van der Waals surface area contributed by atoms with Crippen LogP contribution in [0.4, 0.5) is 43.9 Å². The molecule has 0 aliphatic heterocycles. The standard InChI is InChI=1S/C21H12Cl3F10NO/c22-14-4-10(5-15(23)18(14)24)12(20(29,30)31)6-16(25)9-1-2-11(13(3-9)21(32,33)34)17(36)7-35-8-19(26,27)28/h1-6,12,35H,7-8H2/b16-6-. The molecule has 0 spiro atoms. The van der Waals surface area contributed by atoms with Crippen LogP contribution in [-0.2, 0) is 6.18 Å². The lowest BCUT2D eigenvalue weighted by atomic mass is 9.95. The lowest BCUT2D eigenvalue weighted by molar-refractivity contribution is -0.140. The second-order valence-electron chi connectivity index (χ2n) is 7.23. The first kappa shape index (κ1) is 30.2. The first-order valence-corrected chi connectivity index (χ1v) is 10.6. The summed E-state index contributed by atoms with van der Waals surface area (Å²) in [6.07, 6.45) is -15.2. The molecule has 0 saturated carbocycles. The predicted molar refractivity (Wildman–Crippen MR) is 114 cm³/mol. The van der Waals surface area contributed by atoms with E-state index in [0.717, 1.165) is 12.1 Å². The Kier molecular flexibility index (Phi) is 9.36. The van der Waals surface area contributed by atoms with Crippen molar-refractivity contribution in [3.05, 3.63) is 73.7 Å². The molecule has 36 heavy (non-hydrogen) atoms. The summed E-state index contributed by atoms with van der Waals surface area (Å²) in [5.74, 6) is -5.84. The predicted octanol–water partition coefficient (Wildman–Crippen LogP) is 8.66. The minimum Gasteiger partial charge on any atom is -0.302 e. The molecule has 1 N–H and O–H groups in total. The van der Waals surface area contributed by atoms with Crippen molar-refractivity contribution in [2.45, 2.75) is 24.4 Å². The molecule has 0 bridgehead atoms. The van der Waals surface area contributed by atoms with Crippen LogP contribution >= 0.6 is 34.8 Å². The van der Waals surface area contributed by atoms with Crippen LogP contribution in [0.15, 0.2) is 36.4 Å². The maximum absolute atomic E-state index is 14.8. The van der Waals surface area contributed by atoms with Crippen molar-refractivity contribution in [2.75, 3.05) is 13.1 Å². The van der Waals surface area contributed by atoms with E-state index in [2.05, 4.69) is 0 Å². The molecule has 0 heterocycles. The highest BCUT2D eigenvalue weighted by Crippen LogP contribution is 2.42. The Morgan fingerprint density at radius 1 is 0.917 bits per heavy atom. The van der Waals surface area contributed by atoms with Crippen molar-refractivity contribution in [1.29, 1.82) is 0 Å². The van der Waals surface area contributed by atoms with Crippen molar-refractivity contribution in [2.24, 2.45) is 0 Å². The average molecular weight is 591 g/mol. The van der Waals surface area contributed by atoms with Gasteiger partial charge in [0, 0.05) is 11.1 Å². The van der Waals surface area contributed by atoms with Crippen molar-refractivity contribution in [1.82, 2.24) is 5.32 Å². The van der Waals surface area contributed by atoms with Gasteiger partial charge in [0.1, 0.15) is 11.7 Å². The van der Waals surface area contributed by atoms with Gasteiger partial charge in [-0.1, -0.05) is 46.9 Å². The molecule has 2 aromatic carbocycles. The molecular weight excluding hydrogens is 579 g/mol. The Hall–Kier alpha value is -2.02. The Morgan fingerprint density at radius 2 is 1.47 bits per heavy atom. The van der Waals surface area contributed by atoms with Gasteiger partial charge in [-0.25, -0.2) is 4.39 Å². The maximum Gasteiger partial charge on any atom is 0.417 e. The van der Waals surface area contributed by atoms with Crippen molar-refractivity contribution in [3.63, 3.8) is 0 Å². The van der Waals surface area contributed by atoms with Gasteiger partial charge in [0.15, 0.2) is 5.78 Å². The van der Waals surface area contributed by atoms with E-state index in [1.807, 2.05) is 0 Å². The van der Waals surface area contributed by atoms with Crippen LogP contribution in [0.3, 0.4) is 0 Å². The highest BCUT2D eigenvalue weighted by molar-refractivity contribution is 6.48. The van der Waals surface area contributed by atoms with Crippen LogP contribution in [0.1, 0.15) is 33.0 Å². The number of ketones is 1. The highest BCUT2D eigenvalue weighted by atomic mass is 35.5. The number of halogens is 13. The lowest BCUT2D eigenvalue weighted by Gasteiger charge is -2.19. The molecule has 1 unspecified atom stereocenters. The Balaban J connectivity index is 2.50. The minimum absolute atomic E-state index is 0.0161. The first-order valence-electron chi connectivity index (χ1n) is 9.42. The molecule has 15 heteroatoms. The van der Waals surface area contributed by atoms with Crippen molar-refractivity contribution in [3.8, 4) is 0 Å². The summed E-state index contributed by atoms with van der Waals surface area (Å²) in [5.41, 5.74) is -4.47. The van der Waals surface area contributed by atoms with E-state index in [1.165, 1.54) is 0 Å². The van der Waals surface area contributed by atoms with Crippen LogP contribution in [0.2, 0.25) is 15.1 Å². The van der Waals surface area contributed by atoms with Gasteiger partial charge < -0.3 is 5.32 Å². The molecule has 0 amide bonds. The molecular formula is C21H12Cl3F10NO. The molecule has 2 aromatic rings. The van der Waals surface area contributed by atoms with E-state index in [1.54, 1.807) is 5.32 Å². The molecule has 2 rings (SSSR count). The van der Waals surface area contributed by atoms with Crippen LogP contribution in [0.5, 0.6) is 0 Å². The fraction of sp³-hybridized carbons (Fsp3) is 0.286. The van der Waals surface area contributed by atoms with Crippen LogP contribution in [0.25, 0.3) is 5.83 Å². The smallest absolute Gasteiger partial charge is 0.302 e. The third-order valence-electron chi connectivity index (χ3n) is 4.54. The number of benzene rings is 2. The number of carbonyl (C=O) groups is 1. The fourth-order valence-corrected chi connectivity index (χ4v) is 3.57. The molecule has 0 aliphatic carbocycles. The van der Waals surface area contributed by atoms with Crippen molar-refractivity contribution < 1.29 is 48.7 Å². The topological polar surface area (TPSA) is 29.1 Å². The van der Waals surface area contributed by atoms with Crippen molar-refractivity contribution >= 4 is 46.4 Å². The van der Waals surface area contributed by atoms with Gasteiger partial charge in [-0.3, -0.25) is 4.79 Å². The summed E-state index contributed by atoms with van der Waals surface area (Å²) in [5, 5.41) is 0.588. The molecule has 2 nitrogen and oxygen atoms in total. The molecule has 0 aromatic heterocycles. The highest BCUT2D eigenvalue weighted by Gasteiger charge is 2.41. The van der Waals surface area contributed by atoms with Gasteiger partial charge in [-0.15, -0.1) is 0 Å². The summed E-state index contributed by atoms with van der Waals surface area (Å²) in [6.45, 7) is -2.79. The number of allylic oxidation sites excluding steroid dienone is 1.